The van der Waals surface area contributed by atoms with Crippen molar-refractivity contribution in [3.8, 4) is 0 Å². The summed E-state index contributed by atoms with van der Waals surface area (Å²) in [6, 6.07) is 3.32. The maximum absolute atomic E-state index is 13.2. The van der Waals surface area contributed by atoms with Crippen molar-refractivity contribution >= 4 is 17.3 Å². The number of hydrogen-bond acceptors (Lipinski definition) is 4. The highest BCUT2D eigenvalue weighted by Crippen LogP contribution is 2.29. The Hall–Kier alpha value is -2.02. The quantitative estimate of drug-likeness (QED) is 0.646. The molecule has 0 radical (unpaired) electrons. The standard InChI is InChI=1S/C11H11FN2O4/c12-9-2-1-8(4-10(9)14(17)18)13-5-7(6-15)3-11(13)16/h1-2,4,7,15H,3,5-6H2. The largest absolute Gasteiger partial charge is 0.396 e. The lowest BCUT2D eigenvalue weighted by atomic mass is 10.1. The second kappa shape index (κ2) is 4.69. The van der Waals surface area contributed by atoms with Gasteiger partial charge in [-0.25, -0.2) is 0 Å². The van der Waals surface area contributed by atoms with Gasteiger partial charge in [0.1, 0.15) is 0 Å². The molecule has 1 saturated heterocycles. The Morgan fingerprint density at radius 1 is 1.56 bits per heavy atom. The topological polar surface area (TPSA) is 83.7 Å². The number of benzene rings is 1. The Morgan fingerprint density at radius 3 is 2.83 bits per heavy atom. The predicted octanol–water partition coefficient (Wildman–Crippen LogP) is 1.08. The molecule has 0 bridgehead atoms. The lowest BCUT2D eigenvalue weighted by molar-refractivity contribution is -0.387. The molecule has 1 fully saturated rings. The number of amides is 1. The molecule has 1 atom stereocenters. The van der Waals surface area contributed by atoms with Crippen molar-refractivity contribution in [2.45, 2.75) is 6.42 Å². The summed E-state index contributed by atoms with van der Waals surface area (Å²) in [4.78, 5) is 22.8. The summed E-state index contributed by atoms with van der Waals surface area (Å²) in [6.45, 7) is 0.170. The molecule has 1 aliphatic rings. The van der Waals surface area contributed by atoms with Gasteiger partial charge in [-0.2, -0.15) is 4.39 Å². The third kappa shape index (κ3) is 2.17. The second-order valence-electron chi connectivity index (χ2n) is 4.15. The summed E-state index contributed by atoms with van der Waals surface area (Å²) in [7, 11) is 0. The van der Waals surface area contributed by atoms with Gasteiger partial charge in [0.25, 0.3) is 0 Å². The van der Waals surface area contributed by atoms with Crippen LogP contribution in [0.1, 0.15) is 6.42 Å². The minimum atomic E-state index is -0.936. The molecular weight excluding hydrogens is 243 g/mol. The monoisotopic (exact) mass is 254 g/mol. The SMILES string of the molecule is O=C1CC(CO)CN1c1ccc(F)c([N+](=O)[O-])c1. The average Bonchev–Trinajstić information content (AvgIpc) is 2.71. The minimum absolute atomic E-state index is 0.120. The molecule has 0 aromatic heterocycles. The molecule has 6 nitrogen and oxygen atoms in total. The van der Waals surface area contributed by atoms with Crippen LogP contribution in [0.4, 0.5) is 15.8 Å². The van der Waals surface area contributed by atoms with Crippen molar-refractivity contribution in [2.75, 3.05) is 18.1 Å². The van der Waals surface area contributed by atoms with Crippen molar-refractivity contribution in [2.24, 2.45) is 5.92 Å². The van der Waals surface area contributed by atoms with Crippen LogP contribution in [0.2, 0.25) is 0 Å². The van der Waals surface area contributed by atoms with E-state index >= 15 is 0 Å². The maximum atomic E-state index is 13.2. The fourth-order valence-corrected chi connectivity index (χ4v) is 1.96. The lowest BCUT2D eigenvalue weighted by Gasteiger charge is -2.16. The Bertz CT molecular complexity index is 506. The number of nitro benzene ring substituents is 1. The summed E-state index contributed by atoms with van der Waals surface area (Å²) >= 11 is 0. The number of anilines is 1. The molecule has 0 saturated carbocycles. The van der Waals surface area contributed by atoms with E-state index in [1.165, 1.54) is 11.0 Å². The van der Waals surface area contributed by atoms with Gasteiger partial charge in [0.05, 0.1) is 10.6 Å². The molecular formula is C11H11FN2O4. The van der Waals surface area contributed by atoms with Gasteiger partial charge in [0.15, 0.2) is 0 Å². The third-order valence-corrected chi connectivity index (χ3v) is 2.90. The van der Waals surface area contributed by atoms with Crippen molar-refractivity contribution in [3.63, 3.8) is 0 Å². The number of halogens is 1. The van der Waals surface area contributed by atoms with Gasteiger partial charge in [0, 0.05) is 31.6 Å². The van der Waals surface area contributed by atoms with Gasteiger partial charge in [-0.1, -0.05) is 0 Å². The molecule has 2 rings (SSSR count). The Morgan fingerprint density at radius 2 is 2.28 bits per heavy atom. The molecule has 1 N–H and O–H groups in total. The highest BCUT2D eigenvalue weighted by molar-refractivity contribution is 5.96. The van der Waals surface area contributed by atoms with Crippen LogP contribution in [0.3, 0.4) is 0 Å². The number of nitro groups is 1. The van der Waals surface area contributed by atoms with Crippen LogP contribution in [-0.4, -0.2) is 29.1 Å². The van der Waals surface area contributed by atoms with Crippen LogP contribution in [-0.2, 0) is 4.79 Å². The number of aliphatic hydroxyl groups excluding tert-OH is 1. The van der Waals surface area contributed by atoms with Crippen molar-refractivity contribution in [1.82, 2.24) is 0 Å². The zero-order valence-corrected chi connectivity index (χ0v) is 9.38. The smallest absolute Gasteiger partial charge is 0.306 e. The molecule has 1 aromatic rings. The van der Waals surface area contributed by atoms with Gasteiger partial charge in [0.2, 0.25) is 11.7 Å². The van der Waals surface area contributed by atoms with Crippen LogP contribution in [0, 0.1) is 21.8 Å². The summed E-state index contributed by atoms with van der Waals surface area (Å²) < 4.78 is 13.2. The Labute approximate surface area is 102 Å². The Balaban J connectivity index is 2.32. The fraction of sp³-hybridized carbons (Fsp3) is 0.364. The maximum Gasteiger partial charge on any atom is 0.306 e. The first-order chi connectivity index (χ1) is 8.52. The van der Waals surface area contributed by atoms with Crippen LogP contribution in [0.15, 0.2) is 18.2 Å². The van der Waals surface area contributed by atoms with Crippen LogP contribution in [0.25, 0.3) is 0 Å². The number of nitrogens with zero attached hydrogens (tertiary/aromatic N) is 2. The highest BCUT2D eigenvalue weighted by atomic mass is 19.1. The number of carbonyl (C=O) groups is 1. The first-order valence-electron chi connectivity index (χ1n) is 5.38. The third-order valence-electron chi connectivity index (χ3n) is 2.90. The highest BCUT2D eigenvalue weighted by Gasteiger charge is 2.31. The summed E-state index contributed by atoms with van der Waals surface area (Å²) in [5, 5.41) is 19.6. The van der Waals surface area contributed by atoms with Crippen LogP contribution >= 0.6 is 0 Å². The molecule has 96 valence electrons. The van der Waals surface area contributed by atoms with Gasteiger partial charge < -0.3 is 10.0 Å². The number of aliphatic hydroxyl groups is 1. The normalized spacial score (nSPS) is 19.3. The van der Waals surface area contributed by atoms with E-state index in [-0.39, 0.29) is 37.1 Å². The fourth-order valence-electron chi connectivity index (χ4n) is 1.96. The zero-order chi connectivity index (χ0) is 13.3. The van der Waals surface area contributed by atoms with E-state index < -0.39 is 16.4 Å². The molecule has 7 heteroatoms. The number of rotatable bonds is 3. The first-order valence-corrected chi connectivity index (χ1v) is 5.38. The van der Waals surface area contributed by atoms with E-state index in [0.29, 0.717) is 0 Å². The summed E-state index contributed by atoms with van der Waals surface area (Å²) in [5.74, 6) is -1.34. The van der Waals surface area contributed by atoms with E-state index in [9.17, 15) is 19.3 Å². The Kier molecular flexibility index (Phi) is 3.24. The molecule has 0 aliphatic carbocycles. The van der Waals surface area contributed by atoms with E-state index in [0.717, 1.165) is 12.1 Å². The second-order valence-corrected chi connectivity index (χ2v) is 4.15. The number of carbonyl (C=O) groups excluding carboxylic acids is 1. The van der Waals surface area contributed by atoms with Crippen LogP contribution < -0.4 is 4.90 Å². The van der Waals surface area contributed by atoms with Gasteiger partial charge >= 0.3 is 5.69 Å². The van der Waals surface area contributed by atoms with E-state index in [4.69, 9.17) is 5.11 Å². The predicted molar refractivity (Wildman–Crippen MR) is 60.6 cm³/mol. The average molecular weight is 254 g/mol. The van der Waals surface area contributed by atoms with Gasteiger partial charge in [-0.05, 0) is 12.1 Å². The zero-order valence-electron chi connectivity index (χ0n) is 9.38. The van der Waals surface area contributed by atoms with E-state index in [1.54, 1.807) is 0 Å². The van der Waals surface area contributed by atoms with Crippen molar-refractivity contribution in [1.29, 1.82) is 0 Å². The molecule has 0 spiro atoms. The molecule has 1 aliphatic heterocycles. The first kappa shape index (κ1) is 12.4. The van der Waals surface area contributed by atoms with Gasteiger partial charge in [-0.3, -0.25) is 14.9 Å². The van der Waals surface area contributed by atoms with Crippen LogP contribution in [0.5, 0.6) is 0 Å². The van der Waals surface area contributed by atoms with Crippen molar-refractivity contribution < 1.29 is 19.2 Å². The number of hydrogen-bond donors (Lipinski definition) is 1. The van der Waals surface area contributed by atoms with Gasteiger partial charge in [-0.15, -0.1) is 0 Å². The minimum Gasteiger partial charge on any atom is -0.396 e. The van der Waals surface area contributed by atoms with E-state index in [1.807, 2.05) is 0 Å². The summed E-state index contributed by atoms with van der Waals surface area (Å²) in [5.41, 5.74) is -0.378. The lowest BCUT2D eigenvalue weighted by Crippen LogP contribution is -2.25. The molecule has 1 unspecified atom stereocenters. The van der Waals surface area contributed by atoms with E-state index in [2.05, 4.69) is 0 Å². The molecule has 18 heavy (non-hydrogen) atoms. The molecule has 1 aromatic carbocycles. The van der Waals surface area contributed by atoms with Crippen molar-refractivity contribution in [3.05, 3.63) is 34.1 Å². The summed E-state index contributed by atoms with van der Waals surface area (Å²) in [6.07, 6.45) is 0.196. The molecule has 1 heterocycles. The molecule has 1 amide bonds.